The first-order chi connectivity index (χ1) is 15.5. The standard InChI is InChI=1S/C25H17N3O4/c1-15-5-9-22-24(11-15)32-25(27-22)17-3-2-4-18(12-17)26-14-21-20-8-7-19(28(30)31)13-16(20)6-10-23(21)29/h2-14,29H,1H3. The Bertz CT molecular complexity index is 1540. The average molecular weight is 423 g/mol. The van der Waals surface area contributed by atoms with Crippen molar-refractivity contribution in [3.05, 3.63) is 94.0 Å². The molecular formula is C25H17N3O4. The van der Waals surface area contributed by atoms with Gasteiger partial charge in [-0.05, 0) is 65.7 Å². The van der Waals surface area contributed by atoms with Gasteiger partial charge in [0.2, 0.25) is 5.89 Å². The molecule has 7 heteroatoms. The number of phenolic OH excluding ortho intramolecular Hbond substituents is 1. The summed E-state index contributed by atoms with van der Waals surface area (Å²) < 4.78 is 5.90. The van der Waals surface area contributed by atoms with Crippen LogP contribution in [0.1, 0.15) is 11.1 Å². The van der Waals surface area contributed by atoms with E-state index in [2.05, 4.69) is 9.98 Å². The fourth-order valence-electron chi connectivity index (χ4n) is 3.59. The number of aromatic nitrogens is 1. The monoisotopic (exact) mass is 423 g/mol. The molecule has 7 nitrogen and oxygen atoms in total. The molecule has 0 aliphatic rings. The highest BCUT2D eigenvalue weighted by molar-refractivity contribution is 6.03. The molecule has 0 bridgehead atoms. The zero-order chi connectivity index (χ0) is 22.2. The molecule has 0 saturated carbocycles. The fraction of sp³-hybridized carbons (Fsp3) is 0.0400. The maximum absolute atomic E-state index is 11.0. The summed E-state index contributed by atoms with van der Waals surface area (Å²) in [5.41, 5.74) is 4.52. The average Bonchev–Trinajstić information content (AvgIpc) is 3.21. The molecule has 1 heterocycles. The van der Waals surface area contributed by atoms with Gasteiger partial charge in [-0.3, -0.25) is 15.1 Å². The van der Waals surface area contributed by atoms with Crippen molar-refractivity contribution in [2.24, 2.45) is 4.99 Å². The number of nitro groups is 1. The number of hydrogen-bond donors (Lipinski definition) is 1. The van der Waals surface area contributed by atoms with E-state index in [4.69, 9.17) is 4.42 Å². The number of fused-ring (bicyclic) bond motifs is 2. The lowest BCUT2D eigenvalue weighted by molar-refractivity contribution is -0.384. The summed E-state index contributed by atoms with van der Waals surface area (Å²) in [4.78, 5) is 19.7. The Hall–Kier alpha value is -4.52. The van der Waals surface area contributed by atoms with Crippen LogP contribution in [0.15, 0.2) is 82.2 Å². The van der Waals surface area contributed by atoms with Crippen LogP contribution in [-0.2, 0) is 0 Å². The molecule has 32 heavy (non-hydrogen) atoms. The number of rotatable bonds is 4. The van der Waals surface area contributed by atoms with Gasteiger partial charge in [-0.15, -0.1) is 0 Å². The van der Waals surface area contributed by atoms with Crippen molar-refractivity contribution in [2.75, 3.05) is 0 Å². The van der Waals surface area contributed by atoms with E-state index in [1.165, 1.54) is 18.2 Å². The van der Waals surface area contributed by atoms with Crippen molar-refractivity contribution in [1.29, 1.82) is 0 Å². The van der Waals surface area contributed by atoms with Crippen LogP contribution in [0.4, 0.5) is 11.4 Å². The predicted octanol–water partition coefficient (Wildman–Crippen LogP) is 6.32. The van der Waals surface area contributed by atoms with Gasteiger partial charge in [0.25, 0.3) is 5.69 Å². The minimum atomic E-state index is -0.445. The molecule has 0 aliphatic heterocycles. The maximum Gasteiger partial charge on any atom is 0.270 e. The van der Waals surface area contributed by atoms with Crippen molar-refractivity contribution >= 4 is 39.5 Å². The normalized spacial score (nSPS) is 11.5. The molecule has 0 saturated heterocycles. The lowest BCUT2D eigenvalue weighted by atomic mass is 10.0. The molecule has 0 unspecified atom stereocenters. The van der Waals surface area contributed by atoms with Crippen LogP contribution >= 0.6 is 0 Å². The van der Waals surface area contributed by atoms with E-state index in [1.807, 2.05) is 49.4 Å². The summed E-state index contributed by atoms with van der Waals surface area (Å²) in [5.74, 6) is 0.545. The highest BCUT2D eigenvalue weighted by Crippen LogP contribution is 2.30. The van der Waals surface area contributed by atoms with E-state index < -0.39 is 4.92 Å². The van der Waals surface area contributed by atoms with E-state index in [1.54, 1.807) is 18.3 Å². The highest BCUT2D eigenvalue weighted by atomic mass is 16.6. The van der Waals surface area contributed by atoms with Gasteiger partial charge < -0.3 is 9.52 Å². The number of benzene rings is 4. The number of aryl methyl sites for hydroxylation is 1. The van der Waals surface area contributed by atoms with E-state index in [0.717, 1.165) is 22.2 Å². The zero-order valence-corrected chi connectivity index (χ0v) is 17.0. The van der Waals surface area contributed by atoms with Crippen LogP contribution in [0, 0.1) is 17.0 Å². The van der Waals surface area contributed by atoms with Crippen LogP contribution in [0.25, 0.3) is 33.3 Å². The number of hydrogen-bond acceptors (Lipinski definition) is 6. The Morgan fingerprint density at radius 1 is 1.06 bits per heavy atom. The topological polar surface area (TPSA) is 102 Å². The minimum Gasteiger partial charge on any atom is -0.507 e. The smallest absolute Gasteiger partial charge is 0.270 e. The Morgan fingerprint density at radius 2 is 1.94 bits per heavy atom. The molecule has 156 valence electrons. The number of non-ortho nitro benzene ring substituents is 1. The quantitative estimate of drug-likeness (QED) is 0.207. The minimum absolute atomic E-state index is 0.00712. The summed E-state index contributed by atoms with van der Waals surface area (Å²) in [6, 6.07) is 20.9. The van der Waals surface area contributed by atoms with Gasteiger partial charge in [0.15, 0.2) is 5.58 Å². The molecule has 5 rings (SSSR count). The number of aromatic hydroxyl groups is 1. The molecule has 1 aromatic heterocycles. The number of aliphatic imine (C=N–C) groups is 1. The molecule has 0 radical (unpaired) electrons. The summed E-state index contributed by atoms with van der Waals surface area (Å²) >= 11 is 0. The first-order valence-electron chi connectivity index (χ1n) is 9.90. The molecule has 4 aromatic carbocycles. The molecular weight excluding hydrogens is 406 g/mol. The van der Waals surface area contributed by atoms with E-state index >= 15 is 0 Å². The summed E-state index contributed by atoms with van der Waals surface area (Å²) in [7, 11) is 0. The Kier molecular flexibility index (Phi) is 4.63. The molecule has 0 spiro atoms. The first kappa shape index (κ1) is 19.4. The van der Waals surface area contributed by atoms with Crippen molar-refractivity contribution < 1.29 is 14.4 Å². The van der Waals surface area contributed by atoms with Gasteiger partial charge in [-0.1, -0.05) is 18.2 Å². The molecule has 0 atom stereocenters. The van der Waals surface area contributed by atoms with Crippen LogP contribution in [0.3, 0.4) is 0 Å². The van der Waals surface area contributed by atoms with E-state index in [0.29, 0.717) is 27.9 Å². The van der Waals surface area contributed by atoms with E-state index in [-0.39, 0.29) is 11.4 Å². The Balaban J connectivity index is 1.51. The second-order valence-electron chi connectivity index (χ2n) is 7.46. The van der Waals surface area contributed by atoms with Crippen molar-refractivity contribution in [3.8, 4) is 17.2 Å². The van der Waals surface area contributed by atoms with Crippen LogP contribution in [0.2, 0.25) is 0 Å². The number of nitrogens with zero attached hydrogens (tertiary/aromatic N) is 3. The van der Waals surface area contributed by atoms with Gasteiger partial charge in [0.1, 0.15) is 11.3 Å². The second kappa shape index (κ2) is 7.63. The van der Waals surface area contributed by atoms with Crippen molar-refractivity contribution in [2.45, 2.75) is 6.92 Å². The Morgan fingerprint density at radius 3 is 2.78 bits per heavy atom. The molecule has 1 N–H and O–H groups in total. The maximum atomic E-state index is 11.0. The summed E-state index contributed by atoms with van der Waals surface area (Å²) in [6.45, 7) is 2.00. The van der Waals surface area contributed by atoms with Crippen LogP contribution in [-0.4, -0.2) is 21.2 Å². The second-order valence-corrected chi connectivity index (χ2v) is 7.46. The van der Waals surface area contributed by atoms with Gasteiger partial charge in [0.05, 0.1) is 10.6 Å². The number of phenols is 1. The van der Waals surface area contributed by atoms with Gasteiger partial charge in [0, 0.05) is 29.5 Å². The highest BCUT2D eigenvalue weighted by Gasteiger charge is 2.11. The van der Waals surface area contributed by atoms with E-state index in [9.17, 15) is 15.2 Å². The third kappa shape index (κ3) is 3.56. The Labute approximate surface area is 182 Å². The lowest BCUT2D eigenvalue weighted by Gasteiger charge is -2.05. The molecule has 0 fully saturated rings. The van der Waals surface area contributed by atoms with Gasteiger partial charge >= 0.3 is 0 Å². The third-order valence-corrected chi connectivity index (χ3v) is 5.21. The molecule has 5 aromatic rings. The molecule has 0 amide bonds. The van der Waals surface area contributed by atoms with Crippen molar-refractivity contribution in [3.63, 3.8) is 0 Å². The lowest BCUT2D eigenvalue weighted by Crippen LogP contribution is -1.90. The number of nitro benzene ring substituents is 1. The predicted molar refractivity (Wildman–Crippen MR) is 124 cm³/mol. The fourth-order valence-corrected chi connectivity index (χ4v) is 3.59. The van der Waals surface area contributed by atoms with Gasteiger partial charge in [-0.2, -0.15) is 0 Å². The number of oxazole rings is 1. The SMILES string of the molecule is Cc1ccc2nc(-c3cccc(N=Cc4c(O)ccc5cc([N+](=O)[O-])ccc45)c3)oc2c1. The largest absolute Gasteiger partial charge is 0.507 e. The zero-order valence-electron chi connectivity index (χ0n) is 17.0. The first-order valence-corrected chi connectivity index (χ1v) is 9.90. The van der Waals surface area contributed by atoms with Gasteiger partial charge in [-0.25, -0.2) is 4.98 Å². The summed E-state index contributed by atoms with van der Waals surface area (Å²) in [6.07, 6.45) is 1.55. The van der Waals surface area contributed by atoms with Crippen LogP contribution < -0.4 is 0 Å². The summed E-state index contributed by atoms with van der Waals surface area (Å²) in [5, 5.41) is 22.7. The van der Waals surface area contributed by atoms with Crippen LogP contribution in [0.5, 0.6) is 5.75 Å². The molecule has 0 aliphatic carbocycles. The van der Waals surface area contributed by atoms with Crippen molar-refractivity contribution in [1.82, 2.24) is 4.98 Å². The third-order valence-electron chi connectivity index (χ3n) is 5.21.